The van der Waals surface area contributed by atoms with Crippen LogP contribution in [0.2, 0.25) is 0 Å². The molecule has 0 aromatic carbocycles. The predicted molar refractivity (Wildman–Crippen MR) is 92.1 cm³/mol. The Labute approximate surface area is 142 Å². The second-order valence-corrected chi connectivity index (χ2v) is 7.88. The standard InChI is InChI=1S/C16H27N3O3S/c1-16(2,3)22-15(20)19-14-18-11-13(23-14)4-7-17-10-12-5-8-21-9-6-12/h11-12,17H,4-10H2,1-3H3,(H,18,19,20). The number of nitrogens with zero attached hydrogens (tertiary/aromatic N) is 1. The molecule has 1 aliphatic heterocycles. The van der Waals surface area contributed by atoms with Crippen LogP contribution in [0.1, 0.15) is 38.5 Å². The van der Waals surface area contributed by atoms with Crippen molar-refractivity contribution in [2.75, 3.05) is 31.6 Å². The van der Waals surface area contributed by atoms with Gasteiger partial charge in [-0.15, -0.1) is 11.3 Å². The first-order chi connectivity index (χ1) is 10.9. The molecule has 0 aliphatic carbocycles. The number of hydrogen-bond donors (Lipinski definition) is 2. The molecule has 0 atom stereocenters. The van der Waals surface area contributed by atoms with Crippen LogP contribution >= 0.6 is 11.3 Å². The molecule has 1 aromatic heterocycles. The van der Waals surface area contributed by atoms with E-state index in [1.807, 2.05) is 27.0 Å². The Morgan fingerprint density at radius 1 is 1.43 bits per heavy atom. The molecule has 6 nitrogen and oxygen atoms in total. The molecular weight excluding hydrogens is 314 g/mol. The van der Waals surface area contributed by atoms with E-state index in [9.17, 15) is 4.79 Å². The van der Waals surface area contributed by atoms with E-state index >= 15 is 0 Å². The van der Waals surface area contributed by atoms with Gasteiger partial charge in [0.15, 0.2) is 5.13 Å². The third-order valence-corrected chi connectivity index (χ3v) is 4.46. The molecule has 2 N–H and O–H groups in total. The summed E-state index contributed by atoms with van der Waals surface area (Å²) < 4.78 is 10.6. The molecule has 1 saturated heterocycles. The Morgan fingerprint density at radius 3 is 2.87 bits per heavy atom. The van der Waals surface area contributed by atoms with Gasteiger partial charge >= 0.3 is 6.09 Å². The van der Waals surface area contributed by atoms with Crippen LogP contribution in [-0.4, -0.2) is 43.0 Å². The molecule has 1 aromatic rings. The zero-order chi connectivity index (χ0) is 16.7. The van der Waals surface area contributed by atoms with Gasteiger partial charge in [0.25, 0.3) is 0 Å². The van der Waals surface area contributed by atoms with Gasteiger partial charge in [-0.1, -0.05) is 0 Å². The Morgan fingerprint density at radius 2 is 2.17 bits per heavy atom. The summed E-state index contributed by atoms with van der Waals surface area (Å²) in [6, 6.07) is 0. The minimum Gasteiger partial charge on any atom is -0.444 e. The van der Waals surface area contributed by atoms with Gasteiger partial charge in [0, 0.05) is 30.8 Å². The minimum atomic E-state index is -0.502. The van der Waals surface area contributed by atoms with E-state index in [1.54, 1.807) is 0 Å². The van der Waals surface area contributed by atoms with Gasteiger partial charge in [-0.05, 0) is 52.5 Å². The van der Waals surface area contributed by atoms with Crippen molar-refractivity contribution < 1.29 is 14.3 Å². The Hall–Kier alpha value is -1.18. The first kappa shape index (κ1) is 18.2. The number of carbonyl (C=O) groups excluding carboxylic acids is 1. The van der Waals surface area contributed by atoms with Crippen molar-refractivity contribution in [3.05, 3.63) is 11.1 Å². The second-order valence-electron chi connectivity index (χ2n) is 6.77. The number of ether oxygens (including phenoxy) is 2. The Balaban J connectivity index is 1.65. The highest BCUT2D eigenvalue weighted by molar-refractivity contribution is 7.15. The zero-order valence-corrected chi connectivity index (χ0v) is 15.0. The largest absolute Gasteiger partial charge is 0.444 e. The van der Waals surface area contributed by atoms with Crippen molar-refractivity contribution in [2.24, 2.45) is 5.92 Å². The van der Waals surface area contributed by atoms with Gasteiger partial charge in [0.1, 0.15) is 5.60 Å². The van der Waals surface area contributed by atoms with Crippen molar-refractivity contribution in [2.45, 2.75) is 45.6 Å². The lowest BCUT2D eigenvalue weighted by Gasteiger charge is -2.22. The van der Waals surface area contributed by atoms with Crippen LogP contribution in [0.3, 0.4) is 0 Å². The molecule has 0 saturated carbocycles. The van der Waals surface area contributed by atoms with Crippen molar-refractivity contribution in [1.29, 1.82) is 0 Å². The molecule has 23 heavy (non-hydrogen) atoms. The van der Waals surface area contributed by atoms with Gasteiger partial charge < -0.3 is 14.8 Å². The fourth-order valence-electron chi connectivity index (χ4n) is 2.34. The van der Waals surface area contributed by atoms with E-state index in [4.69, 9.17) is 9.47 Å². The van der Waals surface area contributed by atoms with Crippen LogP contribution in [0.25, 0.3) is 0 Å². The van der Waals surface area contributed by atoms with E-state index in [1.165, 1.54) is 11.3 Å². The van der Waals surface area contributed by atoms with Gasteiger partial charge in [0.2, 0.25) is 0 Å². The van der Waals surface area contributed by atoms with Gasteiger partial charge in [-0.2, -0.15) is 0 Å². The lowest BCUT2D eigenvalue weighted by atomic mass is 10.0. The van der Waals surface area contributed by atoms with Crippen LogP contribution in [0.5, 0.6) is 0 Å². The van der Waals surface area contributed by atoms with Gasteiger partial charge in [0.05, 0.1) is 0 Å². The molecule has 0 spiro atoms. The number of carbonyl (C=O) groups is 1. The molecule has 1 aliphatic rings. The molecule has 1 amide bonds. The van der Waals surface area contributed by atoms with Crippen molar-refractivity contribution >= 4 is 22.6 Å². The van der Waals surface area contributed by atoms with Crippen LogP contribution in [0.15, 0.2) is 6.20 Å². The summed E-state index contributed by atoms with van der Waals surface area (Å²) in [4.78, 5) is 17.0. The highest BCUT2D eigenvalue weighted by Crippen LogP contribution is 2.19. The number of amides is 1. The maximum Gasteiger partial charge on any atom is 0.413 e. The number of rotatable bonds is 6. The number of aromatic nitrogens is 1. The molecule has 0 radical (unpaired) electrons. The topological polar surface area (TPSA) is 72.5 Å². The summed E-state index contributed by atoms with van der Waals surface area (Å²) in [6.07, 6.45) is 4.57. The summed E-state index contributed by atoms with van der Waals surface area (Å²) in [5, 5.41) is 6.75. The average molecular weight is 341 g/mol. The van der Waals surface area contributed by atoms with E-state index < -0.39 is 11.7 Å². The third-order valence-electron chi connectivity index (χ3n) is 3.48. The lowest BCUT2D eigenvalue weighted by Crippen LogP contribution is -2.28. The smallest absolute Gasteiger partial charge is 0.413 e. The first-order valence-corrected chi connectivity index (χ1v) is 8.97. The summed E-state index contributed by atoms with van der Waals surface area (Å²) in [7, 11) is 0. The highest BCUT2D eigenvalue weighted by atomic mass is 32.1. The summed E-state index contributed by atoms with van der Waals surface area (Å²) >= 11 is 1.49. The maximum atomic E-state index is 11.7. The quantitative estimate of drug-likeness (QED) is 0.778. The molecular formula is C16H27N3O3S. The Bertz CT molecular complexity index is 493. The minimum absolute atomic E-state index is 0.462. The highest BCUT2D eigenvalue weighted by Gasteiger charge is 2.17. The zero-order valence-electron chi connectivity index (χ0n) is 14.2. The molecule has 7 heteroatoms. The average Bonchev–Trinajstić information content (AvgIpc) is 2.90. The Kier molecular flexibility index (Phi) is 6.80. The van der Waals surface area contributed by atoms with Crippen LogP contribution in [0.4, 0.5) is 9.93 Å². The normalized spacial score (nSPS) is 16.3. The number of anilines is 1. The van der Waals surface area contributed by atoms with Crippen molar-refractivity contribution in [3.63, 3.8) is 0 Å². The fourth-order valence-corrected chi connectivity index (χ4v) is 3.14. The molecule has 0 bridgehead atoms. The fraction of sp³-hybridized carbons (Fsp3) is 0.750. The van der Waals surface area contributed by atoms with Crippen molar-refractivity contribution in [1.82, 2.24) is 10.3 Å². The number of thiazole rings is 1. The second kappa shape index (κ2) is 8.61. The predicted octanol–water partition coefficient (Wildman–Crippen LogP) is 3.05. The van der Waals surface area contributed by atoms with Crippen LogP contribution in [-0.2, 0) is 15.9 Å². The summed E-state index contributed by atoms with van der Waals surface area (Å²) in [5.74, 6) is 0.731. The number of nitrogens with one attached hydrogen (secondary N) is 2. The SMILES string of the molecule is CC(C)(C)OC(=O)Nc1ncc(CCNCC2CCOCC2)s1. The molecule has 2 heterocycles. The van der Waals surface area contributed by atoms with Gasteiger partial charge in [-0.3, -0.25) is 5.32 Å². The third kappa shape index (κ3) is 7.28. The van der Waals surface area contributed by atoms with Crippen LogP contribution in [0, 0.1) is 5.92 Å². The van der Waals surface area contributed by atoms with E-state index in [-0.39, 0.29) is 0 Å². The molecule has 2 rings (SSSR count). The molecule has 1 fully saturated rings. The van der Waals surface area contributed by atoms with E-state index in [0.29, 0.717) is 5.13 Å². The van der Waals surface area contributed by atoms with Gasteiger partial charge in [-0.25, -0.2) is 9.78 Å². The molecule has 0 unspecified atom stereocenters. The van der Waals surface area contributed by atoms with Crippen molar-refractivity contribution in [3.8, 4) is 0 Å². The molecule has 130 valence electrons. The maximum absolute atomic E-state index is 11.7. The lowest BCUT2D eigenvalue weighted by molar-refractivity contribution is 0.0635. The van der Waals surface area contributed by atoms with Crippen LogP contribution < -0.4 is 10.6 Å². The summed E-state index contributed by atoms with van der Waals surface area (Å²) in [6.45, 7) is 9.26. The first-order valence-electron chi connectivity index (χ1n) is 8.15. The van der Waals surface area contributed by atoms with E-state index in [2.05, 4.69) is 15.6 Å². The summed E-state index contributed by atoms with van der Waals surface area (Å²) in [5.41, 5.74) is -0.502. The number of hydrogen-bond acceptors (Lipinski definition) is 6. The van der Waals surface area contributed by atoms with E-state index in [0.717, 1.165) is 56.4 Å². The monoisotopic (exact) mass is 341 g/mol.